The highest BCUT2D eigenvalue weighted by Crippen LogP contribution is 2.16. The third-order valence-corrected chi connectivity index (χ3v) is 4.37. The van der Waals surface area contributed by atoms with E-state index in [9.17, 15) is 9.59 Å². The van der Waals surface area contributed by atoms with Gasteiger partial charge in [0.25, 0.3) is 0 Å². The average Bonchev–Trinajstić information content (AvgIpc) is 2.63. The Balaban J connectivity index is 1.79. The van der Waals surface area contributed by atoms with E-state index in [1.54, 1.807) is 27.9 Å². The zero-order chi connectivity index (χ0) is 17.8. The highest BCUT2D eigenvalue weighted by Gasteiger charge is 2.15. The van der Waals surface area contributed by atoms with Crippen LogP contribution in [-0.4, -0.2) is 27.2 Å². The molecule has 25 heavy (non-hydrogen) atoms. The number of nitrogens with zero attached hydrogens (tertiary/aromatic N) is 4. The first-order chi connectivity index (χ1) is 12.1. The van der Waals surface area contributed by atoms with Crippen molar-refractivity contribution in [3.05, 3.63) is 63.5 Å². The van der Waals surface area contributed by atoms with Gasteiger partial charge in [-0.25, -0.2) is 4.98 Å². The fourth-order valence-electron chi connectivity index (χ4n) is 2.67. The van der Waals surface area contributed by atoms with Crippen LogP contribution in [0.3, 0.4) is 0 Å². The Bertz CT molecular complexity index is 953. The van der Waals surface area contributed by atoms with E-state index in [0.29, 0.717) is 24.3 Å². The van der Waals surface area contributed by atoms with Crippen LogP contribution in [0.25, 0.3) is 10.9 Å². The van der Waals surface area contributed by atoms with Gasteiger partial charge in [0.05, 0.1) is 18.3 Å². The van der Waals surface area contributed by atoms with E-state index in [-0.39, 0.29) is 17.8 Å². The maximum Gasteiger partial charge on any atom is 0.229 e. The van der Waals surface area contributed by atoms with Crippen molar-refractivity contribution in [1.29, 1.82) is 0 Å². The summed E-state index contributed by atoms with van der Waals surface area (Å²) in [4.78, 5) is 30.4. The van der Waals surface area contributed by atoms with Gasteiger partial charge in [-0.3, -0.25) is 19.2 Å². The summed E-state index contributed by atoms with van der Waals surface area (Å²) >= 11 is 3.34. The van der Waals surface area contributed by atoms with Gasteiger partial charge >= 0.3 is 0 Å². The van der Waals surface area contributed by atoms with E-state index >= 15 is 0 Å². The summed E-state index contributed by atoms with van der Waals surface area (Å²) in [7, 11) is 0. The predicted octanol–water partition coefficient (Wildman–Crippen LogP) is 3.00. The SMILES string of the molecule is CCN(C(=O)CCn1ncc(=O)c2ccccc21)c1ccc(Br)cn1. The third-order valence-electron chi connectivity index (χ3n) is 3.91. The largest absolute Gasteiger partial charge is 0.297 e. The molecule has 0 N–H and O–H groups in total. The number of hydrogen-bond donors (Lipinski definition) is 0. The van der Waals surface area contributed by atoms with Crippen molar-refractivity contribution in [2.24, 2.45) is 0 Å². The first-order valence-electron chi connectivity index (χ1n) is 7.97. The van der Waals surface area contributed by atoms with Crippen LogP contribution < -0.4 is 10.3 Å². The molecular formula is C18H17BrN4O2. The molecule has 1 aromatic carbocycles. The average molecular weight is 401 g/mol. The van der Waals surface area contributed by atoms with Gasteiger partial charge in [-0.1, -0.05) is 12.1 Å². The number of halogens is 1. The van der Waals surface area contributed by atoms with Crippen molar-refractivity contribution in [2.45, 2.75) is 19.9 Å². The zero-order valence-corrected chi connectivity index (χ0v) is 15.3. The Labute approximate surface area is 153 Å². The van der Waals surface area contributed by atoms with Crippen LogP contribution in [0.1, 0.15) is 13.3 Å². The molecule has 0 fully saturated rings. The summed E-state index contributed by atoms with van der Waals surface area (Å²) in [5.41, 5.74) is 0.611. The number of aromatic nitrogens is 3. The van der Waals surface area contributed by atoms with Crippen LogP contribution in [0.4, 0.5) is 5.82 Å². The molecule has 0 spiro atoms. The number of para-hydroxylation sites is 1. The second kappa shape index (κ2) is 7.57. The van der Waals surface area contributed by atoms with Gasteiger partial charge in [-0.2, -0.15) is 5.10 Å². The number of hydrogen-bond acceptors (Lipinski definition) is 4. The third kappa shape index (κ3) is 3.76. The molecule has 6 nitrogen and oxygen atoms in total. The van der Waals surface area contributed by atoms with Gasteiger partial charge in [-0.15, -0.1) is 0 Å². The Hall–Kier alpha value is -2.54. The van der Waals surface area contributed by atoms with Crippen molar-refractivity contribution in [1.82, 2.24) is 14.8 Å². The standard InChI is InChI=1S/C18H17BrN4O2/c1-2-22(17-8-7-13(19)11-20-17)18(25)9-10-23-15-6-4-3-5-14(15)16(24)12-21-23/h3-8,11-12H,2,9-10H2,1H3. The number of benzene rings is 1. The minimum absolute atomic E-state index is 0.0399. The summed E-state index contributed by atoms with van der Waals surface area (Å²) in [6.07, 6.45) is 3.23. The van der Waals surface area contributed by atoms with E-state index in [1.165, 1.54) is 6.20 Å². The Morgan fingerprint density at radius 1 is 1.20 bits per heavy atom. The quantitative estimate of drug-likeness (QED) is 0.659. The number of carbonyl (C=O) groups is 1. The van der Waals surface area contributed by atoms with Gasteiger partial charge in [0, 0.05) is 29.0 Å². The molecule has 0 aliphatic carbocycles. The molecule has 0 unspecified atom stereocenters. The smallest absolute Gasteiger partial charge is 0.229 e. The number of carbonyl (C=O) groups excluding carboxylic acids is 1. The Kier molecular flexibility index (Phi) is 5.23. The molecule has 1 amide bonds. The van der Waals surface area contributed by atoms with Crippen LogP contribution in [0.2, 0.25) is 0 Å². The number of rotatable bonds is 5. The minimum Gasteiger partial charge on any atom is -0.297 e. The number of fused-ring (bicyclic) bond motifs is 1. The van der Waals surface area contributed by atoms with Crippen molar-refractivity contribution >= 4 is 38.6 Å². The lowest BCUT2D eigenvalue weighted by Crippen LogP contribution is -2.32. The molecule has 128 valence electrons. The summed E-state index contributed by atoms with van der Waals surface area (Å²) in [5, 5.41) is 4.76. The van der Waals surface area contributed by atoms with E-state index in [4.69, 9.17) is 0 Å². The highest BCUT2D eigenvalue weighted by atomic mass is 79.9. The van der Waals surface area contributed by atoms with Crippen LogP contribution in [0, 0.1) is 0 Å². The molecule has 3 aromatic rings. The summed E-state index contributed by atoms with van der Waals surface area (Å²) in [5.74, 6) is 0.579. The lowest BCUT2D eigenvalue weighted by atomic mass is 10.2. The topological polar surface area (TPSA) is 68.1 Å². The lowest BCUT2D eigenvalue weighted by Gasteiger charge is -2.20. The Morgan fingerprint density at radius 2 is 2.00 bits per heavy atom. The lowest BCUT2D eigenvalue weighted by molar-refractivity contribution is -0.118. The van der Waals surface area contributed by atoms with E-state index in [0.717, 1.165) is 9.99 Å². The summed E-state index contributed by atoms with van der Waals surface area (Å²) in [6.45, 7) is 2.84. The van der Waals surface area contributed by atoms with Crippen molar-refractivity contribution in [3.63, 3.8) is 0 Å². The zero-order valence-electron chi connectivity index (χ0n) is 13.7. The summed E-state index contributed by atoms with van der Waals surface area (Å²) in [6, 6.07) is 10.9. The summed E-state index contributed by atoms with van der Waals surface area (Å²) < 4.78 is 2.56. The van der Waals surface area contributed by atoms with Gasteiger partial charge in [0.1, 0.15) is 5.82 Å². The van der Waals surface area contributed by atoms with E-state index in [1.807, 2.05) is 31.2 Å². The molecule has 2 heterocycles. The second-order valence-electron chi connectivity index (χ2n) is 5.47. The van der Waals surface area contributed by atoms with E-state index in [2.05, 4.69) is 26.0 Å². The van der Waals surface area contributed by atoms with Gasteiger partial charge in [0.15, 0.2) is 0 Å². The molecule has 0 aliphatic heterocycles. The highest BCUT2D eigenvalue weighted by molar-refractivity contribution is 9.10. The maximum atomic E-state index is 12.6. The number of pyridine rings is 1. The monoisotopic (exact) mass is 400 g/mol. The molecule has 0 aliphatic rings. The number of aryl methyl sites for hydroxylation is 1. The first kappa shape index (κ1) is 17.3. The molecule has 0 atom stereocenters. The molecule has 0 bridgehead atoms. The van der Waals surface area contributed by atoms with Crippen LogP contribution in [0.15, 0.2) is 58.1 Å². The molecule has 3 rings (SSSR count). The van der Waals surface area contributed by atoms with Gasteiger partial charge in [0.2, 0.25) is 11.3 Å². The fraction of sp³-hybridized carbons (Fsp3) is 0.222. The van der Waals surface area contributed by atoms with Gasteiger partial charge in [-0.05, 0) is 47.1 Å². The number of anilines is 1. The van der Waals surface area contributed by atoms with Crippen LogP contribution in [0.5, 0.6) is 0 Å². The number of amides is 1. The molecule has 0 saturated carbocycles. The molecule has 0 saturated heterocycles. The van der Waals surface area contributed by atoms with Crippen molar-refractivity contribution < 1.29 is 4.79 Å². The van der Waals surface area contributed by atoms with Gasteiger partial charge < -0.3 is 0 Å². The molecule has 7 heteroatoms. The molecule has 2 aromatic heterocycles. The normalized spacial score (nSPS) is 10.8. The fourth-order valence-corrected chi connectivity index (χ4v) is 2.90. The van der Waals surface area contributed by atoms with E-state index < -0.39 is 0 Å². The molecule has 0 radical (unpaired) electrons. The van der Waals surface area contributed by atoms with Crippen LogP contribution >= 0.6 is 15.9 Å². The van der Waals surface area contributed by atoms with Crippen molar-refractivity contribution in [2.75, 3.05) is 11.4 Å². The first-order valence-corrected chi connectivity index (χ1v) is 8.76. The predicted molar refractivity (Wildman–Crippen MR) is 101 cm³/mol. The minimum atomic E-state index is -0.118. The van der Waals surface area contributed by atoms with Crippen LogP contribution in [-0.2, 0) is 11.3 Å². The second-order valence-corrected chi connectivity index (χ2v) is 6.39. The molecular weight excluding hydrogens is 384 g/mol. The maximum absolute atomic E-state index is 12.6. The Morgan fingerprint density at radius 3 is 2.72 bits per heavy atom. The van der Waals surface area contributed by atoms with Crippen molar-refractivity contribution in [3.8, 4) is 0 Å².